The van der Waals surface area contributed by atoms with E-state index in [1.165, 1.54) is 6.07 Å². The van der Waals surface area contributed by atoms with Gasteiger partial charge in [0, 0.05) is 11.5 Å². The second-order valence-electron chi connectivity index (χ2n) is 2.18. The lowest BCUT2D eigenvalue weighted by Crippen LogP contribution is -1.87. The van der Waals surface area contributed by atoms with Crippen LogP contribution in [-0.4, -0.2) is 11.1 Å². The van der Waals surface area contributed by atoms with Crippen LogP contribution in [0, 0.1) is 17.7 Å². The van der Waals surface area contributed by atoms with Gasteiger partial charge < -0.3 is 5.11 Å². The van der Waals surface area contributed by atoms with Crippen molar-refractivity contribution in [1.29, 1.82) is 0 Å². The Labute approximate surface area is 92.7 Å². The molecule has 0 fully saturated rings. The van der Waals surface area contributed by atoms with Gasteiger partial charge >= 0.3 is 5.97 Å². The molecule has 15 heavy (non-hydrogen) atoms. The van der Waals surface area contributed by atoms with Gasteiger partial charge in [-0.1, -0.05) is 31.4 Å². The fourth-order valence-electron chi connectivity index (χ4n) is 0.712. The zero-order chi connectivity index (χ0) is 11.8. The molecule has 0 saturated heterocycles. The number of rotatable bonds is 0. The molecule has 2 nitrogen and oxygen atoms in total. The summed E-state index contributed by atoms with van der Waals surface area (Å²) in [7, 11) is 0. The van der Waals surface area contributed by atoms with Crippen LogP contribution in [0.2, 0.25) is 5.02 Å². The summed E-state index contributed by atoms with van der Waals surface area (Å²) in [5.41, 5.74) is 0.297. The highest BCUT2D eigenvalue weighted by Gasteiger charge is 1.98. The van der Waals surface area contributed by atoms with Crippen molar-refractivity contribution in [3.63, 3.8) is 0 Å². The van der Waals surface area contributed by atoms with E-state index in [4.69, 9.17) is 16.7 Å². The Balaban J connectivity index is 0.000000921. The molecule has 0 bridgehead atoms. The summed E-state index contributed by atoms with van der Waals surface area (Å²) in [5, 5.41) is 8.33. The molecular weight excluding hydrogens is 219 g/mol. The minimum Gasteiger partial charge on any atom is -0.472 e. The zero-order valence-corrected chi connectivity index (χ0v) is 9.10. The molecule has 1 aromatic rings. The molecule has 0 amide bonds. The first-order chi connectivity index (χ1) is 7.09. The van der Waals surface area contributed by atoms with E-state index in [9.17, 15) is 9.18 Å². The molecule has 0 aliphatic carbocycles. The molecular formula is C11H10ClFO2. The molecule has 80 valence electrons. The zero-order valence-electron chi connectivity index (χ0n) is 8.34. The quantitative estimate of drug-likeness (QED) is 0.694. The SMILES string of the molecule is CC.O=C(O)C#Cc1ccc(F)cc1Cl. The van der Waals surface area contributed by atoms with E-state index in [2.05, 4.69) is 5.92 Å². The van der Waals surface area contributed by atoms with Crippen LogP contribution < -0.4 is 0 Å². The molecule has 0 radical (unpaired) electrons. The Morgan fingerprint density at radius 2 is 2.07 bits per heavy atom. The summed E-state index contributed by atoms with van der Waals surface area (Å²) in [6, 6.07) is 3.57. The van der Waals surface area contributed by atoms with Crippen LogP contribution in [0.15, 0.2) is 18.2 Å². The lowest BCUT2D eigenvalue weighted by molar-refractivity contribution is -0.130. The van der Waals surface area contributed by atoms with Crippen LogP contribution >= 0.6 is 11.6 Å². The summed E-state index contributed by atoms with van der Waals surface area (Å²) in [6.07, 6.45) is 0. The van der Waals surface area contributed by atoms with Crippen molar-refractivity contribution in [1.82, 2.24) is 0 Å². The number of carbonyl (C=O) groups is 1. The Morgan fingerprint density at radius 3 is 2.53 bits per heavy atom. The molecule has 0 unspecified atom stereocenters. The minimum atomic E-state index is -1.25. The fourth-order valence-corrected chi connectivity index (χ4v) is 0.926. The van der Waals surface area contributed by atoms with Crippen LogP contribution in [0.4, 0.5) is 4.39 Å². The van der Waals surface area contributed by atoms with Gasteiger partial charge in [0.1, 0.15) is 5.82 Å². The monoisotopic (exact) mass is 228 g/mol. The summed E-state index contributed by atoms with van der Waals surface area (Å²) in [5.74, 6) is 2.44. The maximum absolute atomic E-state index is 12.5. The van der Waals surface area contributed by atoms with E-state index in [-0.39, 0.29) is 5.02 Å². The lowest BCUT2D eigenvalue weighted by Gasteiger charge is -1.93. The highest BCUT2D eigenvalue weighted by atomic mass is 35.5. The van der Waals surface area contributed by atoms with Gasteiger partial charge in [-0.05, 0) is 18.2 Å². The number of aliphatic carboxylic acids is 1. The molecule has 0 aromatic heterocycles. The Bertz CT molecular complexity index is 405. The predicted molar refractivity (Wildman–Crippen MR) is 57.3 cm³/mol. The van der Waals surface area contributed by atoms with Gasteiger partial charge in [0.25, 0.3) is 0 Å². The molecule has 4 heteroatoms. The molecule has 0 spiro atoms. The van der Waals surface area contributed by atoms with Crippen LogP contribution in [-0.2, 0) is 4.79 Å². The molecule has 0 atom stereocenters. The molecule has 0 aliphatic rings. The number of carboxylic acid groups (broad SMARTS) is 1. The van der Waals surface area contributed by atoms with E-state index in [0.717, 1.165) is 12.1 Å². The molecule has 1 rings (SSSR count). The second kappa shape index (κ2) is 6.86. The van der Waals surface area contributed by atoms with E-state index < -0.39 is 11.8 Å². The van der Waals surface area contributed by atoms with Crippen molar-refractivity contribution in [3.05, 3.63) is 34.6 Å². The van der Waals surface area contributed by atoms with E-state index in [1.807, 2.05) is 19.8 Å². The van der Waals surface area contributed by atoms with Gasteiger partial charge in [0.15, 0.2) is 0 Å². The summed E-state index contributed by atoms with van der Waals surface area (Å²) in [4.78, 5) is 10.1. The van der Waals surface area contributed by atoms with Crippen molar-refractivity contribution < 1.29 is 14.3 Å². The Morgan fingerprint density at radius 1 is 1.47 bits per heavy atom. The average Bonchev–Trinajstić information content (AvgIpc) is 2.19. The first-order valence-electron chi connectivity index (χ1n) is 4.29. The summed E-state index contributed by atoms with van der Waals surface area (Å²) in [6.45, 7) is 4.00. The third kappa shape index (κ3) is 5.04. The molecule has 0 heterocycles. The fraction of sp³-hybridized carbons (Fsp3) is 0.182. The Kier molecular flexibility index (Phi) is 6.16. The standard InChI is InChI=1S/C9H4ClFO2.C2H6/c10-8-5-7(11)3-1-6(8)2-4-9(12)13;1-2/h1,3,5H,(H,12,13);1-2H3. The first kappa shape index (κ1) is 13.5. The summed E-state index contributed by atoms with van der Waals surface area (Å²) < 4.78 is 12.5. The normalized spacial score (nSPS) is 8.00. The number of hydrogen-bond donors (Lipinski definition) is 1. The van der Waals surface area contributed by atoms with Crippen LogP contribution in [0.25, 0.3) is 0 Å². The number of benzene rings is 1. The van der Waals surface area contributed by atoms with Crippen molar-refractivity contribution in [2.75, 3.05) is 0 Å². The molecule has 1 aromatic carbocycles. The second-order valence-corrected chi connectivity index (χ2v) is 2.59. The smallest absolute Gasteiger partial charge is 0.382 e. The molecule has 0 saturated carbocycles. The predicted octanol–water partition coefficient (Wildman–Crippen LogP) is 2.94. The van der Waals surface area contributed by atoms with E-state index in [1.54, 1.807) is 0 Å². The molecule has 1 N–H and O–H groups in total. The average molecular weight is 229 g/mol. The van der Waals surface area contributed by atoms with Crippen molar-refractivity contribution in [3.8, 4) is 11.8 Å². The van der Waals surface area contributed by atoms with Crippen LogP contribution in [0.3, 0.4) is 0 Å². The van der Waals surface area contributed by atoms with Gasteiger partial charge in [-0.3, -0.25) is 0 Å². The number of hydrogen-bond acceptors (Lipinski definition) is 1. The van der Waals surface area contributed by atoms with Crippen molar-refractivity contribution in [2.45, 2.75) is 13.8 Å². The largest absolute Gasteiger partial charge is 0.472 e. The first-order valence-corrected chi connectivity index (χ1v) is 4.67. The maximum Gasteiger partial charge on any atom is 0.382 e. The Hall–Kier alpha value is -1.53. The highest BCUT2D eigenvalue weighted by molar-refractivity contribution is 6.31. The van der Waals surface area contributed by atoms with Gasteiger partial charge in [-0.2, -0.15) is 0 Å². The van der Waals surface area contributed by atoms with Gasteiger partial charge in [0.05, 0.1) is 5.02 Å². The lowest BCUT2D eigenvalue weighted by atomic mass is 10.2. The van der Waals surface area contributed by atoms with Gasteiger partial charge in [-0.25, -0.2) is 9.18 Å². The maximum atomic E-state index is 12.5. The van der Waals surface area contributed by atoms with Crippen LogP contribution in [0.1, 0.15) is 19.4 Å². The summed E-state index contributed by atoms with van der Waals surface area (Å²) >= 11 is 5.58. The van der Waals surface area contributed by atoms with E-state index >= 15 is 0 Å². The van der Waals surface area contributed by atoms with Crippen molar-refractivity contribution >= 4 is 17.6 Å². The number of halogens is 2. The van der Waals surface area contributed by atoms with Crippen molar-refractivity contribution in [2.24, 2.45) is 0 Å². The topological polar surface area (TPSA) is 37.3 Å². The number of carboxylic acids is 1. The highest BCUT2D eigenvalue weighted by Crippen LogP contribution is 2.15. The minimum absolute atomic E-state index is 0.105. The van der Waals surface area contributed by atoms with Gasteiger partial charge in [-0.15, -0.1) is 0 Å². The van der Waals surface area contributed by atoms with Gasteiger partial charge in [0.2, 0.25) is 0 Å². The van der Waals surface area contributed by atoms with E-state index in [0.29, 0.717) is 5.56 Å². The third-order valence-corrected chi connectivity index (χ3v) is 1.55. The molecule has 0 aliphatic heterocycles. The third-order valence-electron chi connectivity index (χ3n) is 1.24. The van der Waals surface area contributed by atoms with Crippen LogP contribution in [0.5, 0.6) is 0 Å².